The number of aliphatic hydroxyl groups excluding tert-OH is 1. The van der Waals surface area contributed by atoms with E-state index < -0.39 is 6.10 Å². The van der Waals surface area contributed by atoms with Crippen molar-refractivity contribution < 1.29 is 14.6 Å². The number of rotatable bonds is 4. The minimum Gasteiger partial charge on any atom is -0.486 e. The first kappa shape index (κ1) is 20.5. The van der Waals surface area contributed by atoms with Crippen molar-refractivity contribution in [2.24, 2.45) is 11.8 Å². The molecular weight excluding hydrogens is 382 g/mol. The maximum atomic E-state index is 12.2. The van der Waals surface area contributed by atoms with E-state index in [1.54, 1.807) is 20.3 Å². The van der Waals surface area contributed by atoms with Crippen LogP contribution in [0.25, 0.3) is 0 Å². The van der Waals surface area contributed by atoms with Gasteiger partial charge in [-0.05, 0) is 50.7 Å². The van der Waals surface area contributed by atoms with Crippen LogP contribution in [0.2, 0.25) is 0 Å². The van der Waals surface area contributed by atoms with Gasteiger partial charge in [-0.1, -0.05) is 0 Å². The monoisotopic (exact) mass is 411 g/mol. The topological polar surface area (TPSA) is 91.7 Å². The molecular formula is C22H29N5O3. The number of nitrogens with zero attached hydrogens (tertiary/aromatic N) is 5. The summed E-state index contributed by atoms with van der Waals surface area (Å²) in [4.78, 5) is 29.1. The zero-order chi connectivity index (χ0) is 21.4. The zero-order valence-corrected chi connectivity index (χ0v) is 17.9. The lowest BCUT2D eigenvalue weighted by Crippen LogP contribution is -2.42. The molecule has 1 N–H and O–H groups in total. The third kappa shape index (κ3) is 4.09. The maximum Gasteiger partial charge on any atom is 0.273 e. The van der Waals surface area contributed by atoms with Crippen LogP contribution in [-0.2, 0) is 0 Å². The van der Waals surface area contributed by atoms with Crippen molar-refractivity contribution in [1.29, 1.82) is 0 Å². The van der Waals surface area contributed by atoms with Crippen molar-refractivity contribution in [3.05, 3.63) is 41.6 Å². The number of carbonyl (C=O) groups excluding carboxylic acids is 1. The summed E-state index contributed by atoms with van der Waals surface area (Å²) in [5, 5.41) is 10.7. The molecule has 160 valence electrons. The van der Waals surface area contributed by atoms with E-state index in [-0.39, 0.29) is 12.0 Å². The lowest BCUT2D eigenvalue weighted by Gasteiger charge is -2.35. The molecule has 2 fully saturated rings. The van der Waals surface area contributed by atoms with Crippen molar-refractivity contribution in [2.45, 2.75) is 38.9 Å². The SMILES string of the molecule is Cc1ccc(O[C@@H]2C[C@@H]3CN(c4cncc(C(=O)N(C)C)n4)C[C@@H]3C[C@H]2O)c(C)n1. The summed E-state index contributed by atoms with van der Waals surface area (Å²) in [5.74, 6) is 2.05. The van der Waals surface area contributed by atoms with Crippen molar-refractivity contribution in [3.63, 3.8) is 0 Å². The van der Waals surface area contributed by atoms with Gasteiger partial charge in [0.1, 0.15) is 23.4 Å². The molecule has 0 spiro atoms. The van der Waals surface area contributed by atoms with E-state index in [1.807, 2.05) is 26.0 Å². The summed E-state index contributed by atoms with van der Waals surface area (Å²) >= 11 is 0. The number of aryl methyl sites for hydroxylation is 2. The van der Waals surface area contributed by atoms with Gasteiger partial charge >= 0.3 is 0 Å². The minimum absolute atomic E-state index is 0.160. The van der Waals surface area contributed by atoms with Gasteiger partial charge in [-0.25, -0.2) is 4.98 Å². The highest BCUT2D eigenvalue weighted by atomic mass is 16.5. The van der Waals surface area contributed by atoms with E-state index in [0.29, 0.717) is 29.8 Å². The summed E-state index contributed by atoms with van der Waals surface area (Å²) in [6, 6.07) is 3.86. The molecule has 2 aliphatic rings. The van der Waals surface area contributed by atoms with Crippen LogP contribution in [0, 0.1) is 25.7 Å². The van der Waals surface area contributed by atoms with Gasteiger partial charge in [0, 0.05) is 32.9 Å². The summed E-state index contributed by atoms with van der Waals surface area (Å²) in [7, 11) is 3.40. The second-order valence-corrected chi connectivity index (χ2v) is 8.62. The van der Waals surface area contributed by atoms with Gasteiger partial charge in [-0.15, -0.1) is 0 Å². The van der Waals surface area contributed by atoms with Crippen LogP contribution in [-0.4, -0.2) is 70.3 Å². The highest BCUT2D eigenvalue weighted by molar-refractivity contribution is 5.91. The molecule has 1 aliphatic heterocycles. The normalized spacial score (nSPS) is 25.7. The minimum atomic E-state index is -0.514. The lowest BCUT2D eigenvalue weighted by atomic mass is 9.78. The van der Waals surface area contributed by atoms with Crippen LogP contribution in [0.15, 0.2) is 24.5 Å². The molecule has 1 saturated carbocycles. The van der Waals surface area contributed by atoms with E-state index in [9.17, 15) is 9.90 Å². The van der Waals surface area contributed by atoms with E-state index in [0.717, 1.165) is 36.6 Å². The highest BCUT2D eigenvalue weighted by Gasteiger charge is 2.43. The first-order valence-electron chi connectivity index (χ1n) is 10.4. The number of amides is 1. The number of pyridine rings is 1. The third-order valence-electron chi connectivity index (χ3n) is 6.11. The first-order valence-corrected chi connectivity index (χ1v) is 10.4. The Morgan fingerprint density at radius 3 is 2.57 bits per heavy atom. The standard InChI is InChI=1S/C22H29N5O3/c1-13-5-6-19(14(2)24-13)30-20-8-16-12-27(11-15(16)7-18(20)28)21-10-23-9-17(25-21)22(29)26(3)4/h5-6,9-10,15-16,18,20,28H,7-8,11-12H2,1-4H3/t15-,16+,18+,20+/m0/s1. The molecule has 4 rings (SSSR count). The van der Waals surface area contributed by atoms with Gasteiger partial charge < -0.3 is 19.6 Å². The third-order valence-corrected chi connectivity index (χ3v) is 6.11. The predicted octanol–water partition coefficient (Wildman–Crippen LogP) is 1.84. The quantitative estimate of drug-likeness (QED) is 0.821. The predicted molar refractivity (Wildman–Crippen MR) is 113 cm³/mol. The smallest absolute Gasteiger partial charge is 0.273 e. The number of ether oxygens (including phenoxy) is 1. The van der Waals surface area contributed by atoms with E-state index in [2.05, 4.69) is 19.9 Å². The molecule has 8 heteroatoms. The fourth-order valence-corrected chi connectivity index (χ4v) is 4.51. The van der Waals surface area contributed by atoms with Crippen LogP contribution in [0.5, 0.6) is 5.75 Å². The summed E-state index contributed by atoms with van der Waals surface area (Å²) in [6.07, 6.45) is 3.91. The molecule has 1 saturated heterocycles. The van der Waals surface area contributed by atoms with Crippen molar-refractivity contribution >= 4 is 11.7 Å². The van der Waals surface area contributed by atoms with E-state index in [4.69, 9.17) is 4.74 Å². The fraction of sp³-hybridized carbons (Fsp3) is 0.545. The van der Waals surface area contributed by atoms with Crippen molar-refractivity contribution in [2.75, 3.05) is 32.1 Å². The Kier molecular flexibility index (Phi) is 5.60. The number of carbonyl (C=O) groups is 1. The zero-order valence-electron chi connectivity index (χ0n) is 17.9. The van der Waals surface area contributed by atoms with Gasteiger partial charge in [0.2, 0.25) is 0 Å². The number of hydrogen-bond donors (Lipinski definition) is 1. The molecule has 0 unspecified atom stereocenters. The van der Waals surface area contributed by atoms with Gasteiger partial charge in [0.05, 0.1) is 24.2 Å². The van der Waals surface area contributed by atoms with Gasteiger partial charge in [0.25, 0.3) is 5.91 Å². The average Bonchev–Trinajstić information content (AvgIpc) is 3.12. The highest BCUT2D eigenvalue weighted by Crippen LogP contribution is 2.39. The second-order valence-electron chi connectivity index (χ2n) is 8.62. The second kappa shape index (κ2) is 8.18. The Hall–Kier alpha value is -2.74. The summed E-state index contributed by atoms with van der Waals surface area (Å²) in [5.41, 5.74) is 2.14. The molecule has 8 nitrogen and oxygen atoms in total. The van der Waals surface area contributed by atoms with Crippen LogP contribution in [0.4, 0.5) is 5.82 Å². The molecule has 4 atom stereocenters. The molecule has 2 aromatic heterocycles. The molecule has 0 radical (unpaired) electrons. The summed E-state index contributed by atoms with van der Waals surface area (Å²) < 4.78 is 6.17. The Balaban J connectivity index is 1.45. The molecule has 30 heavy (non-hydrogen) atoms. The fourth-order valence-electron chi connectivity index (χ4n) is 4.51. The van der Waals surface area contributed by atoms with Gasteiger partial charge in [0.15, 0.2) is 0 Å². The molecule has 1 amide bonds. The number of aromatic nitrogens is 3. The number of aliphatic hydroxyl groups is 1. The lowest BCUT2D eigenvalue weighted by molar-refractivity contribution is -0.0236. The van der Waals surface area contributed by atoms with Crippen LogP contribution < -0.4 is 9.64 Å². The Morgan fingerprint density at radius 2 is 1.87 bits per heavy atom. The molecule has 0 bridgehead atoms. The van der Waals surface area contributed by atoms with Crippen molar-refractivity contribution in [1.82, 2.24) is 19.9 Å². The Morgan fingerprint density at radius 1 is 1.13 bits per heavy atom. The Bertz CT molecular complexity index is 935. The summed E-state index contributed by atoms with van der Waals surface area (Å²) in [6.45, 7) is 5.50. The Labute approximate surface area is 176 Å². The average molecular weight is 412 g/mol. The van der Waals surface area contributed by atoms with E-state index >= 15 is 0 Å². The first-order chi connectivity index (χ1) is 14.3. The number of hydrogen-bond acceptors (Lipinski definition) is 7. The largest absolute Gasteiger partial charge is 0.486 e. The maximum absolute atomic E-state index is 12.2. The number of fused-ring (bicyclic) bond motifs is 1. The van der Waals surface area contributed by atoms with Crippen LogP contribution in [0.3, 0.4) is 0 Å². The van der Waals surface area contributed by atoms with Crippen molar-refractivity contribution in [3.8, 4) is 5.75 Å². The van der Waals surface area contributed by atoms with Gasteiger partial charge in [-0.3, -0.25) is 14.8 Å². The molecule has 2 aromatic rings. The molecule has 0 aromatic carbocycles. The van der Waals surface area contributed by atoms with Crippen LogP contribution in [0.1, 0.15) is 34.7 Å². The molecule has 1 aliphatic carbocycles. The number of anilines is 1. The van der Waals surface area contributed by atoms with Crippen LogP contribution >= 0.6 is 0 Å². The molecule has 3 heterocycles. The van der Waals surface area contributed by atoms with Gasteiger partial charge in [-0.2, -0.15) is 0 Å². The van der Waals surface area contributed by atoms with E-state index in [1.165, 1.54) is 11.1 Å².